The number of nitrogens with zero attached hydrogens (tertiary/aromatic N) is 1. The molecular weight excluding hydrogens is 234 g/mol. The Labute approximate surface area is 86.5 Å². The van der Waals surface area contributed by atoms with Crippen molar-refractivity contribution in [1.29, 1.82) is 0 Å². The van der Waals surface area contributed by atoms with Gasteiger partial charge in [-0.25, -0.2) is 0 Å². The Balaban J connectivity index is 3.31. The summed E-state index contributed by atoms with van der Waals surface area (Å²) in [7, 11) is 0. The molecule has 0 aromatic rings. The van der Waals surface area contributed by atoms with Gasteiger partial charge in [0.1, 0.15) is 6.29 Å². The van der Waals surface area contributed by atoms with E-state index in [2.05, 4.69) is 15.9 Å². The summed E-state index contributed by atoms with van der Waals surface area (Å²) in [6.07, 6.45) is 0.754. The Hall–Kier alpha value is -0.190. The lowest BCUT2D eigenvalue weighted by molar-refractivity contribution is -0.238. The van der Waals surface area contributed by atoms with Gasteiger partial charge in [0.15, 0.2) is 0 Å². The average molecular weight is 247 g/mol. The number of aldehydes is 1. The quantitative estimate of drug-likeness (QED) is 0.665. The second kappa shape index (κ2) is 2.90. The van der Waals surface area contributed by atoms with Gasteiger partial charge in [-0.1, -0.05) is 15.9 Å². The molecule has 0 bridgehead atoms. The largest absolute Gasteiger partial charge is 0.298 e. The smallest absolute Gasteiger partial charge is 0.148 e. The molecule has 1 heterocycles. The normalized spacial score (nSPS) is 26.6. The number of halogens is 1. The summed E-state index contributed by atoms with van der Waals surface area (Å²) >= 11 is 3.31. The maximum absolute atomic E-state index is 11.8. The minimum Gasteiger partial charge on any atom is -0.298 e. The van der Waals surface area contributed by atoms with Gasteiger partial charge in [-0.2, -0.15) is 0 Å². The van der Waals surface area contributed by atoms with Gasteiger partial charge in [-0.15, -0.1) is 10.3 Å². The highest BCUT2D eigenvalue weighted by molar-refractivity contribution is 9.11. The molecule has 73 valence electrons. The number of hydrogen-bond donors (Lipinski definition) is 0. The summed E-state index contributed by atoms with van der Waals surface area (Å²) in [5.41, 5.74) is -0.836. The van der Waals surface area contributed by atoms with E-state index in [9.17, 15) is 10.0 Å². The molecule has 0 amide bonds. The minimum absolute atomic E-state index is 0.535. The Morgan fingerprint density at radius 2 is 1.69 bits per heavy atom. The van der Waals surface area contributed by atoms with Crippen molar-refractivity contribution in [1.82, 2.24) is 5.06 Å². The lowest BCUT2D eigenvalue weighted by Gasteiger charge is -2.33. The molecule has 0 aliphatic carbocycles. The first kappa shape index (κ1) is 10.9. The molecule has 1 aliphatic rings. The second-order valence-corrected chi connectivity index (χ2v) is 5.05. The summed E-state index contributed by atoms with van der Waals surface area (Å²) in [6, 6.07) is 0. The summed E-state index contributed by atoms with van der Waals surface area (Å²) in [5.74, 6) is 0. The van der Waals surface area contributed by atoms with Crippen LogP contribution < -0.4 is 0 Å². The van der Waals surface area contributed by atoms with Crippen LogP contribution in [0.15, 0.2) is 10.1 Å². The molecule has 0 atom stereocenters. The van der Waals surface area contributed by atoms with Gasteiger partial charge in [-0.05, 0) is 27.7 Å². The van der Waals surface area contributed by atoms with Crippen LogP contribution in [-0.2, 0) is 10.0 Å². The molecule has 1 rings (SSSR count). The molecule has 0 unspecified atom stereocenters. The van der Waals surface area contributed by atoms with E-state index in [-0.39, 0.29) is 0 Å². The van der Waals surface area contributed by atoms with Crippen LogP contribution in [-0.4, -0.2) is 22.4 Å². The van der Waals surface area contributed by atoms with Crippen LogP contribution in [0, 0.1) is 0 Å². The highest BCUT2D eigenvalue weighted by Gasteiger charge is 2.51. The fourth-order valence-corrected chi connectivity index (χ4v) is 2.43. The van der Waals surface area contributed by atoms with Crippen molar-refractivity contribution in [3.63, 3.8) is 0 Å². The van der Waals surface area contributed by atoms with E-state index in [1.165, 1.54) is 0 Å². The highest BCUT2D eigenvalue weighted by Crippen LogP contribution is 2.45. The lowest BCUT2D eigenvalue weighted by atomic mass is 9.98. The van der Waals surface area contributed by atoms with E-state index in [1.807, 2.05) is 0 Å². The number of carbonyl (C=O) groups excluding carboxylic acids is 1. The minimum atomic E-state index is -0.732. The maximum atomic E-state index is 11.8. The van der Waals surface area contributed by atoms with Crippen molar-refractivity contribution in [3.05, 3.63) is 10.1 Å². The van der Waals surface area contributed by atoms with Crippen molar-refractivity contribution in [3.8, 4) is 0 Å². The van der Waals surface area contributed by atoms with E-state index in [0.29, 0.717) is 10.1 Å². The van der Waals surface area contributed by atoms with Crippen LogP contribution in [0.25, 0.3) is 0 Å². The fourth-order valence-electron chi connectivity index (χ4n) is 1.69. The standard InChI is InChI=1S/C9H13BrNO2/c1-8(2)6(5-12)7(10)9(3,4)11(8)13/h5H,1-4H3. The third-order valence-electron chi connectivity index (χ3n) is 2.57. The summed E-state index contributed by atoms with van der Waals surface area (Å²) < 4.78 is 0.690. The average Bonchev–Trinajstić information content (AvgIpc) is 2.12. The number of hydroxylamine groups is 2. The predicted molar refractivity (Wildman–Crippen MR) is 52.7 cm³/mol. The molecule has 1 aliphatic heterocycles. The SMILES string of the molecule is CC1(C)C(Br)=C(C=O)C(C)(C)N1[O]. The highest BCUT2D eigenvalue weighted by atomic mass is 79.9. The molecule has 0 saturated carbocycles. The van der Waals surface area contributed by atoms with Gasteiger partial charge in [-0.3, -0.25) is 4.79 Å². The Kier molecular flexibility index (Phi) is 2.43. The van der Waals surface area contributed by atoms with Crippen LogP contribution in [0.2, 0.25) is 0 Å². The monoisotopic (exact) mass is 246 g/mol. The van der Waals surface area contributed by atoms with E-state index in [0.717, 1.165) is 11.3 Å². The molecule has 13 heavy (non-hydrogen) atoms. The predicted octanol–water partition coefficient (Wildman–Crippen LogP) is 2.05. The van der Waals surface area contributed by atoms with Crippen molar-refractivity contribution < 1.29 is 10.0 Å². The molecule has 4 heteroatoms. The molecule has 1 radical (unpaired) electrons. The maximum Gasteiger partial charge on any atom is 0.148 e. The van der Waals surface area contributed by atoms with Gasteiger partial charge >= 0.3 is 0 Å². The third kappa shape index (κ3) is 1.28. The van der Waals surface area contributed by atoms with Gasteiger partial charge in [0.2, 0.25) is 0 Å². The molecular formula is C9H13BrNO2. The topological polar surface area (TPSA) is 40.2 Å². The van der Waals surface area contributed by atoms with E-state index < -0.39 is 11.1 Å². The zero-order valence-corrected chi connectivity index (χ0v) is 9.81. The number of rotatable bonds is 1. The van der Waals surface area contributed by atoms with Crippen molar-refractivity contribution in [2.24, 2.45) is 0 Å². The second-order valence-electron chi connectivity index (χ2n) is 4.26. The lowest BCUT2D eigenvalue weighted by Crippen LogP contribution is -2.47. The first-order valence-corrected chi connectivity index (χ1v) is 4.89. The third-order valence-corrected chi connectivity index (χ3v) is 3.96. The zero-order valence-electron chi connectivity index (χ0n) is 8.22. The van der Waals surface area contributed by atoms with Gasteiger partial charge in [0, 0.05) is 10.1 Å². The molecule has 0 fully saturated rings. The van der Waals surface area contributed by atoms with E-state index in [4.69, 9.17) is 0 Å². The Morgan fingerprint density at radius 3 is 1.85 bits per heavy atom. The number of carbonyl (C=O) groups is 1. The van der Waals surface area contributed by atoms with Crippen molar-refractivity contribution >= 4 is 22.2 Å². The van der Waals surface area contributed by atoms with Crippen molar-refractivity contribution in [2.75, 3.05) is 0 Å². The molecule has 0 saturated heterocycles. The molecule has 3 nitrogen and oxygen atoms in total. The van der Waals surface area contributed by atoms with E-state index in [1.54, 1.807) is 27.7 Å². The first-order chi connectivity index (χ1) is 5.76. The van der Waals surface area contributed by atoms with Crippen LogP contribution in [0.3, 0.4) is 0 Å². The van der Waals surface area contributed by atoms with Crippen LogP contribution in [0.1, 0.15) is 27.7 Å². The van der Waals surface area contributed by atoms with Gasteiger partial charge in [0.05, 0.1) is 11.1 Å². The summed E-state index contributed by atoms with van der Waals surface area (Å²) in [6.45, 7) is 7.09. The van der Waals surface area contributed by atoms with Crippen LogP contribution >= 0.6 is 15.9 Å². The molecule has 0 spiro atoms. The molecule has 0 aromatic heterocycles. The summed E-state index contributed by atoms with van der Waals surface area (Å²) in [5, 5.41) is 12.8. The summed E-state index contributed by atoms with van der Waals surface area (Å²) in [4.78, 5) is 10.8. The number of hydrogen-bond acceptors (Lipinski definition) is 2. The van der Waals surface area contributed by atoms with E-state index >= 15 is 0 Å². The van der Waals surface area contributed by atoms with Crippen LogP contribution in [0.5, 0.6) is 0 Å². The van der Waals surface area contributed by atoms with Crippen molar-refractivity contribution in [2.45, 2.75) is 38.8 Å². The van der Waals surface area contributed by atoms with Gasteiger partial charge in [0.25, 0.3) is 0 Å². The Bertz CT molecular complexity index is 281. The molecule has 0 N–H and O–H groups in total. The molecule has 0 aromatic carbocycles. The van der Waals surface area contributed by atoms with Crippen LogP contribution in [0.4, 0.5) is 0 Å². The first-order valence-electron chi connectivity index (χ1n) is 4.09. The van der Waals surface area contributed by atoms with Gasteiger partial charge < -0.3 is 0 Å². The Morgan fingerprint density at radius 1 is 1.23 bits per heavy atom. The fraction of sp³-hybridized carbons (Fsp3) is 0.667. The zero-order chi connectivity index (χ0) is 10.4.